The summed E-state index contributed by atoms with van der Waals surface area (Å²) in [6.07, 6.45) is 0. The van der Waals surface area contributed by atoms with Crippen molar-refractivity contribution in [2.45, 2.75) is 20.8 Å². The molecule has 5 nitrogen and oxygen atoms in total. The summed E-state index contributed by atoms with van der Waals surface area (Å²) in [4.78, 5) is 17.4. The Labute approximate surface area is 184 Å². The van der Waals surface area contributed by atoms with E-state index < -0.39 is 5.91 Å². The second-order valence-corrected chi connectivity index (χ2v) is 7.82. The highest BCUT2D eigenvalue weighted by Gasteiger charge is 2.20. The average Bonchev–Trinajstić information content (AvgIpc) is 3.18. The summed E-state index contributed by atoms with van der Waals surface area (Å²) in [5.41, 5.74) is 4.91. The Morgan fingerprint density at radius 3 is 2.42 bits per heavy atom. The summed E-state index contributed by atoms with van der Waals surface area (Å²) in [6, 6.07) is 17.2. The third kappa shape index (κ3) is 4.34. The Kier molecular flexibility index (Phi) is 5.57. The van der Waals surface area contributed by atoms with Gasteiger partial charge in [-0.2, -0.15) is 0 Å². The Morgan fingerprint density at radius 1 is 0.968 bits per heavy atom. The topological polar surface area (TPSA) is 59.8 Å². The first-order valence-electron chi connectivity index (χ1n) is 9.70. The van der Waals surface area contributed by atoms with Gasteiger partial charge in [-0.15, -0.1) is 5.10 Å². The Balaban J connectivity index is 1.81. The van der Waals surface area contributed by atoms with Crippen molar-refractivity contribution in [3.63, 3.8) is 0 Å². The molecule has 4 rings (SSSR count). The number of nitrogens with zero attached hydrogens (tertiary/aromatic N) is 3. The molecule has 1 amide bonds. The van der Waals surface area contributed by atoms with E-state index in [1.54, 1.807) is 28.9 Å². The molecule has 4 aromatic rings. The Bertz CT molecular complexity index is 1280. The molecule has 0 saturated carbocycles. The van der Waals surface area contributed by atoms with Crippen LogP contribution in [0.15, 0.2) is 60.7 Å². The zero-order chi connectivity index (χ0) is 22.1. The monoisotopic (exact) mass is 434 g/mol. The van der Waals surface area contributed by atoms with Gasteiger partial charge in [-0.25, -0.2) is 14.1 Å². The van der Waals surface area contributed by atoms with Gasteiger partial charge in [-0.3, -0.25) is 4.79 Å². The summed E-state index contributed by atoms with van der Waals surface area (Å²) in [5, 5.41) is 7.84. The van der Waals surface area contributed by atoms with Crippen LogP contribution in [0.1, 0.15) is 27.3 Å². The van der Waals surface area contributed by atoms with Crippen LogP contribution in [-0.2, 0) is 0 Å². The molecule has 31 heavy (non-hydrogen) atoms. The second-order valence-electron chi connectivity index (χ2n) is 7.38. The van der Waals surface area contributed by atoms with Crippen LogP contribution in [0.4, 0.5) is 10.1 Å². The Morgan fingerprint density at radius 2 is 1.68 bits per heavy atom. The minimum absolute atomic E-state index is 0.000364. The van der Waals surface area contributed by atoms with E-state index in [9.17, 15) is 9.18 Å². The highest BCUT2D eigenvalue weighted by Crippen LogP contribution is 2.25. The zero-order valence-corrected chi connectivity index (χ0v) is 18.0. The molecule has 1 N–H and O–H groups in total. The minimum atomic E-state index is -0.460. The van der Waals surface area contributed by atoms with Crippen molar-refractivity contribution in [2.24, 2.45) is 0 Å². The maximum Gasteiger partial charge on any atom is 0.295 e. The number of hydrogen-bond acceptors (Lipinski definition) is 3. The van der Waals surface area contributed by atoms with Crippen molar-refractivity contribution in [1.82, 2.24) is 14.8 Å². The molecule has 0 aliphatic carbocycles. The highest BCUT2D eigenvalue weighted by atomic mass is 35.5. The summed E-state index contributed by atoms with van der Waals surface area (Å²) in [6.45, 7) is 5.81. The molecule has 3 aromatic carbocycles. The van der Waals surface area contributed by atoms with Crippen LogP contribution in [0.3, 0.4) is 0 Å². The number of aryl methyl sites for hydroxylation is 3. The predicted molar refractivity (Wildman–Crippen MR) is 120 cm³/mol. The number of halogens is 2. The van der Waals surface area contributed by atoms with Crippen molar-refractivity contribution < 1.29 is 9.18 Å². The van der Waals surface area contributed by atoms with E-state index in [1.165, 1.54) is 12.1 Å². The van der Waals surface area contributed by atoms with Gasteiger partial charge in [0.1, 0.15) is 5.82 Å². The first kappa shape index (κ1) is 20.8. The number of anilines is 1. The van der Waals surface area contributed by atoms with E-state index >= 15 is 0 Å². The third-order valence-corrected chi connectivity index (χ3v) is 5.19. The van der Waals surface area contributed by atoms with Gasteiger partial charge >= 0.3 is 0 Å². The van der Waals surface area contributed by atoms with E-state index in [1.807, 2.05) is 45.0 Å². The molecule has 0 radical (unpaired) electrons. The van der Waals surface area contributed by atoms with Gasteiger partial charge in [0.2, 0.25) is 5.82 Å². The fourth-order valence-electron chi connectivity index (χ4n) is 3.22. The van der Waals surface area contributed by atoms with Crippen LogP contribution in [0.25, 0.3) is 17.1 Å². The number of hydrogen-bond donors (Lipinski definition) is 1. The van der Waals surface area contributed by atoms with E-state index in [2.05, 4.69) is 15.4 Å². The lowest BCUT2D eigenvalue weighted by Crippen LogP contribution is -2.15. The number of carbonyl (C=O) groups excluding carboxylic acids is 1. The van der Waals surface area contributed by atoms with E-state index in [4.69, 9.17) is 11.6 Å². The smallest absolute Gasteiger partial charge is 0.295 e. The van der Waals surface area contributed by atoms with Crippen LogP contribution >= 0.6 is 11.6 Å². The first-order chi connectivity index (χ1) is 14.8. The largest absolute Gasteiger partial charge is 0.319 e. The lowest BCUT2D eigenvalue weighted by Gasteiger charge is -2.10. The van der Waals surface area contributed by atoms with Gasteiger partial charge in [0.25, 0.3) is 5.91 Å². The van der Waals surface area contributed by atoms with Gasteiger partial charge in [-0.05, 0) is 79.9 Å². The van der Waals surface area contributed by atoms with E-state index in [-0.39, 0.29) is 11.6 Å². The van der Waals surface area contributed by atoms with Crippen LogP contribution in [0.5, 0.6) is 0 Å². The molecule has 1 aromatic heterocycles. The summed E-state index contributed by atoms with van der Waals surface area (Å²) >= 11 is 6.06. The molecular formula is C24H20ClFN4O. The fourth-order valence-corrected chi connectivity index (χ4v) is 3.39. The molecule has 0 aliphatic heterocycles. The summed E-state index contributed by atoms with van der Waals surface area (Å²) < 4.78 is 15.1. The van der Waals surface area contributed by atoms with Crippen molar-refractivity contribution in [3.8, 4) is 17.1 Å². The van der Waals surface area contributed by atoms with Gasteiger partial charge in [0.05, 0.1) is 5.69 Å². The number of benzene rings is 3. The normalized spacial score (nSPS) is 10.9. The molecule has 0 aliphatic rings. The predicted octanol–water partition coefficient (Wildman–Crippen LogP) is 5.90. The SMILES string of the molecule is Cc1ccc(C)c(-n2nc(C(=O)Nc3cc(Cl)ccc3C)nc2-c2ccc(F)cc2)c1. The summed E-state index contributed by atoms with van der Waals surface area (Å²) in [5.74, 6) is -0.366. The minimum Gasteiger partial charge on any atom is -0.319 e. The van der Waals surface area contributed by atoms with Crippen LogP contribution < -0.4 is 5.32 Å². The average molecular weight is 435 g/mol. The van der Waals surface area contributed by atoms with Crippen LogP contribution in [0, 0.1) is 26.6 Å². The maximum absolute atomic E-state index is 13.5. The number of carbonyl (C=O) groups is 1. The van der Waals surface area contributed by atoms with Gasteiger partial charge < -0.3 is 5.32 Å². The standard InChI is InChI=1S/C24H20ClFN4O/c1-14-4-5-16(3)21(12-14)30-23(17-7-10-19(26)11-8-17)28-22(29-30)24(31)27-20-13-18(25)9-6-15(20)2/h4-13H,1-3H3,(H,27,31). The molecule has 0 fully saturated rings. The summed E-state index contributed by atoms with van der Waals surface area (Å²) in [7, 11) is 0. The first-order valence-corrected chi connectivity index (χ1v) is 10.1. The highest BCUT2D eigenvalue weighted by molar-refractivity contribution is 6.31. The number of amides is 1. The lowest BCUT2D eigenvalue weighted by molar-refractivity contribution is 0.101. The fraction of sp³-hybridized carbons (Fsp3) is 0.125. The molecule has 0 bridgehead atoms. The van der Waals surface area contributed by atoms with Crippen LogP contribution in [-0.4, -0.2) is 20.7 Å². The second kappa shape index (κ2) is 8.32. The molecule has 156 valence electrons. The molecular weight excluding hydrogens is 415 g/mol. The number of nitrogens with one attached hydrogen (secondary N) is 1. The van der Waals surface area contributed by atoms with Gasteiger partial charge in [0, 0.05) is 16.3 Å². The molecule has 0 saturated heterocycles. The third-order valence-electron chi connectivity index (χ3n) is 4.95. The van der Waals surface area contributed by atoms with E-state index in [0.29, 0.717) is 22.1 Å². The molecule has 7 heteroatoms. The van der Waals surface area contributed by atoms with Crippen molar-refractivity contribution in [3.05, 3.63) is 94.0 Å². The van der Waals surface area contributed by atoms with Crippen molar-refractivity contribution in [2.75, 3.05) is 5.32 Å². The van der Waals surface area contributed by atoms with Crippen LogP contribution in [0.2, 0.25) is 5.02 Å². The maximum atomic E-state index is 13.5. The molecule has 1 heterocycles. The van der Waals surface area contributed by atoms with E-state index in [0.717, 1.165) is 22.4 Å². The molecule has 0 spiro atoms. The molecule has 0 unspecified atom stereocenters. The number of rotatable bonds is 4. The zero-order valence-electron chi connectivity index (χ0n) is 17.3. The lowest BCUT2D eigenvalue weighted by atomic mass is 10.1. The van der Waals surface area contributed by atoms with Crippen molar-refractivity contribution >= 4 is 23.2 Å². The van der Waals surface area contributed by atoms with Crippen molar-refractivity contribution in [1.29, 1.82) is 0 Å². The Hall–Kier alpha value is -3.51. The quantitative estimate of drug-likeness (QED) is 0.434. The van der Waals surface area contributed by atoms with Gasteiger partial charge in [-0.1, -0.05) is 29.8 Å². The molecule has 0 atom stereocenters. The number of aromatic nitrogens is 3. The van der Waals surface area contributed by atoms with Gasteiger partial charge in [0.15, 0.2) is 5.82 Å².